The maximum Gasteiger partial charge on any atom is 0.270 e. The van der Waals surface area contributed by atoms with Crippen LogP contribution in [0.1, 0.15) is 15.9 Å². The average Bonchev–Trinajstić information content (AvgIpc) is 2.72. The van der Waals surface area contributed by atoms with E-state index >= 15 is 0 Å². The number of hydrogen-bond donors (Lipinski definition) is 2. The summed E-state index contributed by atoms with van der Waals surface area (Å²) in [6.45, 7) is 0. The van der Waals surface area contributed by atoms with Crippen molar-refractivity contribution in [2.75, 3.05) is 10.6 Å². The highest BCUT2D eigenvalue weighted by molar-refractivity contribution is 6.31. The molecule has 30 heavy (non-hydrogen) atoms. The Morgan fingerprint density at radius 3 is 2.33 bits per heavy atom. The van der Waals surface area contributed by atoms with Crippen LogP contribution in [0.25, 0.3) is 6.08 Å². The van der Waals surface area contributed by atoms with Crippen molar-refractivity contribution in [2.45, 2.75) is 0 Å². The minimum Gasteiger partial charge on any atom is -0.322 e. The first-order valence-corrected chi connectivity index (χ1v) is 9.19. The highest BCUT2D eigenvalue weighted by atomic mass is 35.5. The number of nitro benzene ring substituents is 1. The lowest BCUT2D eigenvalue weighted by Gasteiger charge is -2.08. The maximum absolute atomic E-state index is 12.4. The van der Waals surface area contributed by atoms with Crippen LogP contribution in [0.2, 0.25) is 5.02 Å². The van der Waals surface area contributed by atoms with E-state index in [1.54, 1.807) is 54.6 Å². The van der Waals surface area contributed by atoms with Gasteiger partial charge in [0.2, 0.25) is 5.91 Å². The SMILES string of the molecule is O=C(/C=C/c1cccc([N+](=O)[O-])c1)Nc1cccc(C(=O)Nc2cccc(Cl)c2)c1. The van der Waals surface area contributed by atoms with Gasteiger partial charge in [-0.15, -0.1) is 0 Å². The van der Waals surface area contributed by atoms with Crippen molar-refractivity contribution in [1.29, 1.82) is 0 Å². The van der Waals surface area contributed by atoms with Crippen molar-refractivity contribution >= 4 is 46.6 Å². The van der Waals surface area contributed by atoms with Crippen LogP contribution in [-0.4, -0.2) is 16.7 Å². The molecule has 0 heterocycles. The number of carbonyl (C=O) groups excluding carboxylic acids is 2. The average molecular weight is 422 g/mol. The molecule has 0 aromatic heterocycles. The third kappa shape index (κ3) is 5.76. The molecule has 2 amide bonds. The van der Waals surface area contributed by atoms with Gasteiger partial charge in [-0.2, -0.15) is 0 Å². The first-order chi connectivity index (χ1) is 14.4. The summed E-state index contributed by atoms with van der Waals surface area (Å²) >= 11 is 5.92. The van der Waals surface area contributed by atoms with Gasteiger partial charge in [-0.25, -0.2) is 0 Å². The van der Waals surface area contributed by atoms with Crippen molar-refractivity contribution < 1.29 is 14.5 Å². The minimum atomic E-state index is -0.503. The molecule has 3 rings (SSSR count). The zero-order valence-electron chi connectivity index (χ0n) is 15.5. The highest BCUT2D eigenvalue weighted by Gasteiger charge is 2.08. The second-order valence-corrected chi connectivity index (χ2v) is 6.66. The number of benzene rings is 3. The van der Waals surface area contributed by atoms with Gasteiger partial charge in [0.1, 0.15) is 0 Å². The van der Waals surface area contributed by atoms with Gasteiger partial charge in [-0.1, -0.05) is 35.9 Å². The summed E-state index contributed by atoms with van der Waals surface area (Å²) in [6, 6.07) is 19.2. The van der Waals surface area contributed by atoms with Crippen LogP contribution in [0, 0.1) is 10.1 Å². The smallest absolute Gasteiger partial charge is 0.270 e. The number of amides is 2. The van der Waals surface area contributed by atoms with E-state index in [0.29, 0.717) is 27.5 Å². The van der Waals surface area contributed by atoms with Crippen LogP contribution < -0.4 is 10.6 Å². The normalized spacial score (nSPS) is 10.6. The van der Waals surface area contributed by atoms with Crippen LogP contribution in [0.5, 0.6) is 0 Å². The van der Waals surface area contributed by atoms with E-state index < -0.39 is 10.8 Å². The third-order valence-corrected chi connectivity index (χ3v) is 4.22. The maximum atomic E-state index is 12.4. The zero-order valence-corrected chi connectivity index (χ0v) is 16.3. The summed E-state index contributed by atoms with van der Waals surface area (Å²) in [5.41, 5.74) is 1.81. The van der Waals surface area contributed by atoms with Gasteiger partial charge in [-0.3, -0.25) is 19.7 Å². The van der Waals surface area contributed by atoms with E-state index in [0.717, 1.165) is 0 Å². The van der Waals surface area contributed by atoms with E-state index in [9.17, 15) is 19.7 Å². The fourth-order valence-corrected chi connectivity index (χ4v) is 2.80. The molecule has 0 fully saturated rings. The van der Waals surface area contributed by atoms with E-state index in [-0.39, 0.29) is 11.6 Å². The number of hydrogen-bond acceptors (Lipinski definition) is 4. The van der Waals surface area contributed by atoms with Gasteiger partial charge >= 0.3 is 0 Å². The molecule has 2 N–H and O–H groups in total. The van der Waals surface area contributed by atoms with Gasteiger partial charge < -0.3 is 10.6 Å². The first kappa shape index (κ1) is 20.8. The van der Waals surface area contributed by atoms with E-state index in [4.69, 9.17) is 11.6 Å². The van der Waals surface area contributed by atoms with Crippen molar-refractivity contribution in [2.24, 2.45) is 0 Å². The van der Waals surface area contributed by atoms with Crippen LogP contribution >= 0.6 is 11.6 Å². The van der Waals surface area contributed by atoms with Crippen molar-refractivity contribution in [1.82, 2.24) is 0 Å². The number of rotatable bonds is 6. The molecule has 3 aromatic carbocycles. The van der Waals surface area contributed by atoms with Crippen LogP contribution in [0.15, 0.2) is 78.9 Å². The van der Waals surface area contributed by atoms with E-state index in [1.165, 1.54) is 30.4 Å². The molecule has 0 aliphatic carbocycles. The molecular weight excluding hydrogens is 406 g/mol. The molecule has 0 saturated heterocycles. The molecule has 3 aromatic rings. The molecule has 0 spiro atoms. The number of non-ortho nitro benzene ring substituents is 1. The molecule has 0 radical (unpaired) electrons. The second-order valence-electron chi connectivity index (χ2n) is 6.22. The summed E-state index contributed by atoms with van der Waals surface area (Å²) in [4.78, 5) is 34.9. The van der Waals surface area contributed by atoms with Crippen LogP contribution in [-0.2, 0) is 4.79 Å². The summed E-state index contributed by atoms with van der Waals surface area (Å²) in [5, 5.41) is 16.7. The van der Waals surface area contributed by atoms with Gasteiger partial charge in [0.15, 0.2) is 0 Å². The Hall–Kier alpha value is -3.97. The molecule has 7 nitrogen and oxygen atoms in total. The Morgan fingerprint density at radius 2 is 1.60 bits per heavy atom. The lowest BCUT2D eigenvalue weighted by molar-refractivity contribution is -0.384. The number of anilines is 2. The Morgan fingerprint density at radius 1 is 0.900 bits per heavy atom. The van der Waals surface area contributed by atoms with Gasteiger partial charge in [0.25, 0.3) is 11.6 Å². The summed E-state index contributed by atoms with van der Waals surface area (Å²) < 4.78 is 0. The largest absolute Gasteiger partial charge is 0.322 e. The predicted octanol–water partition coefficient (Wildman–Crippen LogP) is 5.15. The Labute approximate surface area is 177 Å². The molecule has 0 unspecified atom stereocenters. The monoisotopic (exact) mass is 421 g/mol. The topological polar surface area (TPSA) is 101 Å². The summed E-state index contributed by atoms with van der Waals surface area (Å²) in [5.74, 6) is -0.783. The summed E-state index contributed by atoms with van der Waals surface area (Å²) in [7, 11) is 0. The number of carbonyl (C=O) groups is 2. The Kier molecular flexibility index (Phi) is 6.56. The van der Waals surface area contributed by atoms with Gasteiger partial charge in [0, 0.05) is 40.2 Å². The van der Waals surface area contributed by atoms with E-state index in [2.05, 4.69) is 10.6 Å². The van der Waals surface area contributed by atoms with Crippen LogP contribution in [0.3, 0.4) is 0 Å². The molecule has 0 bridgehead atoms. The number of nitrogens with one attached hydrogen (secondary N) is 2. The minimum absolute atomic E-state index is 0.0593. The standard InChI is InChI=1S/C22H16ClN3O4/c23-17-6-3-8-19(14-17)25-22(28)16-5-2-7-18(13-16)24-21(27)11-10-15-4-1-9-20(12-15)26(29)30/h1-14H,(H,24,27)(H,25,28)/b11-10+. The molecule has 0 saturated carbocycles. The number of nitrogens with zero attached hydrogens (tertiary/aromatic N) is 1. The molecule has 8 heteroatoms. The molecular formula is C22H16ClN3O4. The Balaban J connectivity index is 1.65. The number of halogens is 1. The fourth-order valence-electron chi connectivity index (χ4n) is 2.61. The Bertz CT molecular complexity index is 1140. The molecule has 150 valence electrons. The fraction of sp³-hybridized carbons (Fsp3) is 0. The quantitative estimate of drug-likeness (QED) is 0.326. The van der Waals surface area contributed by atoms with Gasteiger partial charge in [-0.05, 0) is 48.0 Å². The van der Waals surface area contributed by atoms with E-state index in [1.807, 2.05) is 0 Å². The lowest BCUT2D eigenvalue weighted by atomic mass is 10.1. The number of nitro groups is 1. The first-order valence-electron chi connectivity index (χ1n) is 8.81. The molecule has 0 aliphatic rings. The highest BCUT2D eigenvalue weighted by Crippen LogP contribution is 2.18. The zero-order chi connectivity index (χ0) is 21.5. The third-order valence-electron chi connectivity index (χ3n) is 3.98. The van der Waals surface area contributed by atoms with Gasteiger partial charge in [0.05, 0.1) is 4.92 Å². The predicted molar refractivity (Wildman–Crippen MR) is 117 cm³/mol. The van der Waals surface area contributed by atoms with Crippen molar-refractivity contribution in [3.8, 4) is 0 Å². The lowest BCUT2D eigenvalue weighted by Crippen LogP contribution is -2.13. The van der Waals surface area contributed by atoms with Crippen LogP contribution in [0.4, 0.5) is 17.1 Å². The molecule has 0 aliphatic heterocycles. The molecule has 0 atom stereocenters. The van der Waals surface area contributed by atoms with Crippen molar-refractivity contribution in [3.63, 3.8) is 0 Å². The van der Waals surface area contributed by atoms with Crippen molar-refractivity contribution in [3.05, 3.63) is 105 Å². The second kappa shape index (κ2) is 9.49. The summed E-state index contributed by atoms with van der Waals surface area (Å²) in [6.07, 6.45) is 2.73.